The van der Waals surface area contributed by atoms with Crippen LogP contribution in [0.1, 0.15) is 182 Å². The second-order valence-corrected chi connectivity index (χ2v) is 10.9. The zero-order valence-electron chi connectivity index (χ0n) is 22.1. The van der Waals surface area contributed by atoms with Gasteiger partial charge in [0.25, 0.3) is 0 Å². The van der Waals surface area contributed by atoms with Crippen molar-refractivity contribution >= 4 is 0 Å². The van der Waals surface area contributed by atoms with Crippen LogP contribution in [-0.2, 0) is 0 Å². The molecule has 0 aliphatic carbocycles. The summed E-state index contributed by atoms with van der Waals surface area (Å²) >= 11 is 0. The smallest absolute Gasteiger partial charge is 0.0443 e. The fourth-order valence-electron chi connectivity index (χ4n) is 4.76. The topological polar surface area (TPSA) is 0 Å². The van der Waals surface area contributed by atoms with Crippen molar-refractivity contribution in [3.05, 3.63) is 0 Å². The molecule has 30 heavy (non-hydrogen) atoms. The third-order valence-electron chi connectivity index (χ3n) is 7.03. The molecule has 0 saturated heterocycles. The van der Waals surface area contributed by atoms with E-state index in [4.69, 9.17) is 0 Å². The Kier molecular flexibility index (Phi) is 25.3. The lowest BCUT2D eigenvalue weighted by atomic mass is 9.95. The zero-order chi connectivity index (χ0) is 22.1. The van der Waals surface area contributed by atoms with Crippen molar-refractivity contribution in [2.24, 2.45) is 11.8 Å². The Morgan fingerprint density at radius 1 is 0.333 bits per heavy atom. The highest BCUT2D eigenvalue weighted by molar-refractivity contribution is 4.56. The molecule has 0 aliphatic heterocycles. The molecule has 0 aromatic heterocycles. The van der Waals surface area contributed by atoms with Crippen molar-refractivity contribution in [3.63, 3.8) is 0 Å². The fraction of sp³-hybridized carbons (Fsp3) is 1.00. The minimum atomic E-state index is 0.893. The summed E-state index contributed by atoms with van der Waals surface area (Å²) in [5.74, 6) is 1.86. The van der Waals surface area contributed by atoms with Gasteiger partial charge in [-0.25, -0.2) is 0 Å². The molecule has 0 N–H and O–H groups in total. The van der Waals surface area contributed by atoms with Gasteiger partial charge in [-0.2, -0.15) is 0 Å². The lowest BCUT2D eigenvalue weighted by molar-refractivity contribution is 0.428. The lowest BCUT2D eigenvalue weighted by Crippen LogP contribution is -1.95. The van der Waals surface area contributed by atoms with Gasteiger partial charge in [-0.3, -0.25) is 0 Å². The van der Waals surface area contributed by atoms with Crippen molar-refractivity contribution in [2.45, 2.75) is 182 Å². The van der Waals surface area contributed by atoms with Gasteiger partial charge < -0.3 is 0 Å². The summed E-state index contributed by atoms with van der Waals surface area (Å²) in [7, 11) is 0. The molecule has 0 spiro atoms. The van der Waals surface area contributed by atoms with E-state index >= 15 is 0 Å². The maximum atomic E-state index is 2.49. The fourth-order valence-corrected chi connectivity index (χ4v) is 4.76. The normalized spacial score (nSPS) is 12.7. The van der Waals surface area contributed by atoms with Crippen molar-refractivity contribution in [1.82, 2.24) is 0 Å². The minimum absolute atomic E-state index is 0.893. The van der Waals surface area contributed by atoms with Crippen molar-refractivity contribution in [2.75, 3.05) is 0 Å². The van der Waals surface area contributed by atoms with Crippen LogP contribution in [0.2, 0.25) is 0 Å². The van der Waals surface area contributed by atoms with Crippen LogP contribution < -0.4 is 0 Å². The molecule has 0 rings (SSSR count). The maximum absolute atomic E-state index is 2.49. The predicted octanol–water partition coefficient (Wildman–Crippen LogP) is 11.7. The first kappa shape index (κ1) is 30.0. The summed E-state index contributed by atoms with van der Waals surface area (Å²) in [5, 5.41) is 0. The molecule has 0 bridgehead atoms. The SMILES string of the molecule is CCCCCCCCCCCCCCCCCCC(C)CCCCCCCC(C)C. The largest absolute Gasteiger partial charge is 0.0654 e. The monoisotopic (exact) mass is 422 g/mol. The highest BCUT2D eigenvalue weighted by Crippen LogP contribution is 2.19. The molecule has 0 radical (unpaired) electrons. The van der Waals surface area contributed by atoms with Crippen LogP contribution in [0.4, 0.5) is 0 Å². The minimum Gasteiger partial charge on any atom is -0.0654 e. The summed E-state index contributed by atoms with van der Waals surface area (Å²) in [5.41, 5.74) is 0. The van der Waals surface area contributed by atoms with Crippen LogP contribution in [-0.4, -0.2) is 0 Å². The Hall–Kier alpha value is 0. The molecule has 0 aromatic rings. The van der Waals surface area contributed by atoms with Gasteiger partial charge in [-0.15, -0.1) is 0 Å². The molecule has 0 nitrogen and oxygen atoms in total. The molecule has 0 heteroatoms. The molecule has 0 aromatic carbocycles. The highest BCUT2D eigenvalue weighted by atomic mass is 14.1. The van der Waals surface area contributed by atoms with Gasteiger partial charge >= 0.3 is 0 Å². The second kappa shape index (κ2) is 25.3. The average molecular weight is 423 g/mol. The Bertz CT molecular complexity index is 292. The first-order valence-corrected chi connectivity index (χ1v) is 14.7. The molecule has 0 fully saturated rings. The van der Waals surface area contributed by atoms with Crippen LogP contribution in [0, 0.1) is 11.8 Å². The van der Waals surface area contributed by atoms with E-state index in [1.165, 1.54) is 154 Å². The molecule has 0 saturated carbocycles. The van der Waals surface area contributed by atoms with Crippen LogP contribution >= 0.6 is 0 Å². The quantitative estimate of drug-likeness (QED) is 0.128. The van der Waals surface area contributed by atoms with Crippen molar-refractivity contribution < 1.29 is 0 Å². The van der Waals surface area contributed by atoms with E-state index in [2.05, 4.69) is 27.7 Å². The number of hydrogen-bond donors (Lipinski definition) is 0. The molecule has 1 unspecified atom stereocenters. The summed E-state index contributed by atoms with van der Waals surface area (Å²) < 4.78 is 0. The first-order valence-electron chi connectivity index (χ1n) is 14.7. The van der Waals surface area contributed by atoms with E-state index < -0.39 is 0 Å². The van der Waals surface area contributed by atoms with E-state index in [0.29, 0.717) is 0 Å². The van der Waals surface area contributed by atoms with Crippen LogP contribution in [0.3, 0.4) is 0 Å². The lowest BCUT2D eigenvalue weighted by Gasteiger charge is -2.11. The van der Waals surface area contributed by atoms with Crippen molar-refractivity contribution in [1.29, 1.82) is 0 Å². The van der Waals surface area contributed by atoms with E-state index in [-0.39, 0.29) is 0 Å². The third-order valence-corrected chi connectivity index (χ3v) is 7.03. The Morgan fingerprint density at radius 2 is 0.600 bits per heavy atom. The van der Waals surface area contributed by atoms with Gasteiger partial charge in [0.15, 0.2) is 0 Å². The average Bonchev–Trinajstić information content (AvgIpc) is 2.72. The Morgan fingerprint density at radius 3 is 0.900 bits per heavy atom. The Balaban J connectivity index is 3.12. The summed E-state index contributed by atoms with van der Waals surface area (Å²) in [6.07, 6.45) is 35.3. The standard InChI is InChI=1S/C30H62/c1-5-6-7-8-9-10-11-12-13-14-15-16-17-18-21-24-27-30(4)28-25-22-19-20-23-26-29(2)3/h29-30H,5-28H2,1-4H3. The van der Waals surface area contributed by atoms with E-state index in [1.807, 2.05) is 0 Å². The van der Waals surface area contributed by atoms with Crippen molar-refractivity contribution in [3.8, 4) is 0 Å². The second-order valence-electron chi connectivity index (χ2n) is 10.9. The molecular weight excluding hydrogens is 360 g/mol. The van der Waals surface area contributed by atoms with E-state index in [9.17, 15) is 0 Å². The Labute approximate surface area is 193 Å². The van der Waals surface area contributed by atoms with Crippen LogP contribution in [0.5, 0.6) is 0 Å². The van der Waals surface area contributed by atoms with Gasteiger partial charge in [0.2, 0.25) is 0 Å². The van der Waals surface area contributed by atoms with Gasteiger partial charge in [-0.1, -0.05) is 182 Å². The van der Waals surface area contributed by atoms with E-state index in [0.717, 1.165) is 11.8 Å². The summed E-state index contributed by atoms with van der Waals surface area (Å²) in [4.78, 5) is 0. The van der Waals surface area contributed by atoms with Crippen LogP contribution in [0.15, 0.2) is 0 Å². The third kappa shape index (κ3) is 26.0. The van der Waals surface area contributed by atoms with Gasteiger partial charge in [0, 0.05) is 0 Å². The van der Waals surface area contributed by atoms with Gasteiger partial charge in [0.05, 0.1) is 0 Å². The zero-order valence-corrected chi connectivity index (χ0v) is 22.1. The molecule has 1 atom stereocenters. The molecule has 0 amide bonds. The van der Waals surface area contributed by atoms with Crippen LogP contribution in [0.25, 0.3) is 0 Å². The molecular formula is C30H62. The highest BCUT2D eigenvalue weighted by Gasteiger charge is 2.02. The molecule has 0 aliphatic rings. The maximum Gasteiger partial charge on any atom is -0.0443 e. The number of unbranched alkanes of at least 4 members (excludes halogenated alkanes) is 19. The molecule has 0 heterocycles. The summed E-state index contributed by atoms with van der Waals surface area (Å²) in [6, 6.07) is 0. The van der Waals surface area contributed by atoms with E-state index in [1.54, 1.807) is 0 Å². The molecule has 182 valence electrons. The van der Waals surface area contributed by atoms with Gasteiger partial charge in [-0.05, 0) is 11.8 Å². The number of hydrogen-bond acceptors (Lipinski definition) is 0. The first-order chi connectivity index (χ1) is 14.7. The summed E-state index contributed by atoms with van der Waals surface area (Å²) in [6.45, 7) is 9.49. The predicted molar refractivity (Wildman–Crippen MR) is 140 cm³/mol. The number of rotatable bonds is 25. The van der Waals surface area contributed by atoms with Gasteiger partial charge in [0.1, 0.15) is 0 Å².